The molecule has 0 aromatic carbocycles. The number of rotatable bonds is 3. The Balaban J connectivity index is 1.79. The van der Waals surface area contributed by atoms with E-state index < -0.39 is 0 Å². The minimum absolute atomic E-state index is 0.571. The Labute approximate surface area is 122 Å². The Kier molecular flexibility index (Phi) is 3.92. The summed E-state index contributed by atoms with van der Waals surface area (Å²) in [6, 6.07) is 0. The second kappa shape index (κ2) is 5.68. The van der Waals surface area contributed by atoms with Crippen LogP contribution in [0.3, 0.4) is 0 Å². The topological polar surface area (TPSA) is 41.1 Å². The predicted molar refractivity (Wildman–Crippen MR) is 81.9 cm³/mol. The van der Waals surface area contributed by atoms with Gasteiger partial charge in [0.1, 0.15) is 12.1 Å². The molecule has 1 saturated heterocycles. The first-order chi connectivity index (χ1) is 9.78. The van der Waals surface area contributed by atoms with Crippen LogP contribution in [0.15, 0.2) is 6.33 Å². The molecule has 1 aromatic heterocycles. The van der Waals surface area contributed by atoms with E-state index in [9.17, 15) is 0 Å². The van der Waals surface area contributed by atoms with Crippen molar-refractivity contribution in [1.82, 2.24) is 15.3 Å². The molecular formula is C16H26N4. The van der Waals surface area contributed by atoms with Gasteiger partial charge < -0.3 is 10.2 Å². The van der Waals surface area contributed by atoms with Gasteiger partial charge in [0.2, 0.25) is 0 Å². The molecule has 2 aliphatic rings. The molecule has 0 radical (unpaired) electrons. The molecule has 1 N–H and O–H groups in total. The molecule has 110 valence electrons. The van der Waals surface area contributed by atoms with Crippen LogP contribution in [-0.4, -0.2) is 29.6 Å². The Hall–Kier alpha value is -1.16. The standard InChI is InChI=1S/C16H26N4/c1-3-16(4-2)6-9-20(10-7-16)15-13-11-17-8-5-14(13)18-12-19-15/h12,17H,3-11H2,1-2H3. The lowest BCUT2D eigenvalue weighted by atomic mass is 9.74. The van der Waals surface area contributed by atoms with Crippen molar-refractivity contribution in [2.45, 2.75) is 52.5 Å². The van der Waals surface area contributed by atoms with Gasteiger partial charge in [0, 0.05) is 38.2 Å². The number of nitrogens with zero attached hydrogens (tertiary/aromatic N) is 3. The molecule has 4 heteroatoms. The van der Waals surface area contributed by atoms with Gasteiger partial charge in [-0.2, -0.15) is 0 Å². The van der Waals surface area contributed by atoms with Crippen molar-refractivity contribution in [3.8, 4) is 0 Å². The Morgan fingerprint density at radius 2 is 1.95 bits per heavy atom. The fourth-order valence-electron chi connectivity index (χ4n) is 3.68. The molecule has 0 spiro atoms. The summed E-state index contributed by atoms with van der Waals surface area (Å²) in [6.45, 7) is 8.94. The van der Waals surface area contributed by atoms with E-state index in [2.05, 4.69) is 34.0 Å². The fourth-order valence-corrected chi connectivity index (χ4v) is 3.68. The Bertz CT molecular complexity index is 458. The smallest absolute Gasteiger partial charge is 0.136 e. The minimum atomic E-state index is 0.571. The molecule has 0 amide bonds. The van der Waals surface area contributed by atoms with Crippen LogP contribution in [0, 0.1) is 5.41 Å². The molecule has 3 heterocycles. The van der Waals surface area contributed by atoms with Gasteiger partial charge in [-0.15, -0.1) is 0 Å². The van der Waals surface area contributed by atoms with E-state index in [0.717, 1.165) is 32.6 Å². The van der Waals surface area contributed by atoms with Crippen molar-refractivity contribution >= 4 is 5.82 Å². The number of piperidine rings is 1. The highest BCUT2D eigenvalue weighted by Gasteiger charge is 2.32. The van der Waals surface area contributed by atoms with Crippen molar-refractivity contribution in [1.29, 1.82) is 0 Å². The maximum absolute atomic E-state index is 4.59. The van der Waals surface area contributed by atoms with Crippen molar-refractivity contribution in [3.05, 3.63) is 17.6 Å². The van der Waals surface area contributed by atoms with Crippen LogP contribution in [0.2, 0.25) is 0 Å². The van der Waals surface area contributed by atoms with E-state index in [1.54, 1.807) is 6.33 Å². The Morgan fingerprint density at radius 1 is 1.20 bits per heavy atom. The first kappa shape index (κ1) is 13.8. The van der Waals surface area contributed by atoms with Crippen molar-refractivity contribution < 1.29 is 0 Å². The number of aromatic nitrogens is 2. The molecule has 3 rings (SSSR count). The number of fused-ring (bicyclic) bond motifs is 1. The average Bonchev–Trinajstić information content (AvgIpc) is 2.54. The van der Waals surface area contributed by atoms with E-state index in [0.29, 0.717) is 5.41 Å². The molecule has 0 bridgehead atoms. The van der Waals surface area contributed by atoms with Gasteiger partial charge in [-0.3, -0.25) is 0 Å². The molecule has 0 aliphatic carbocycles. The van der Waals surface area contributed by atoms with Crippen molar-refractivity contribution in [2.75, 3.05) is 24.5 Å². The molecule has 4 nitrogen and oxygen atoms in total. The van der Waals surface area contributed by atoms with Gasteiger partial charge in [0.15, 0.2) is 0 Å². The van der Waals surface area contributed by atoms with Crippen molar-refractivity contribution in [3.63, 3.8) is 0 Å². The summed E-state index contributed by atoms with van der Waals surface area (Å²) in [4.78, 5) is 11.5. The van der Waals surface area contributed by atoms with E-state index in [4.69, 9.17) is 0 Å². The second-order valence-corrected chi connectivity index (χ2v) is 6.24. The summed E-state index contributed by atoms with van der Waals surface area (Å²) in [5.41, 5.74) is 3.15. The van der Waals surface area contributed by atoms with Crippen LogP contribution in [0.5, 0.6) is 0 Å². The molecule has 20 heavy (non-hydrogen) atoms. The predicted octanol–water partition coefficient (Wildman–Crippen LogP) is 2.53. The van der Waals surface area contributed by atoms with Crippen LogP contribution in [0.1, 0.15) is 50.8 Å². The summed E-state index contributed by atoms with van der Waals surface area (Å²) < 4.78 is 0. The lowest BCUT2D eigenvalue weighted by Gasteiger charge is -2.42. The van der Waals surface area contributed by atoms with E-state index in [-0.39, 0.29) is 0 Å². The van der Waals surface area contributed by atoms with Crippen LogP contribution < -0.4 is 10.2 Å². The monoisotopic (exact) mass is 274 g/mol. The highest BCUT2D eigenvalue weighted by atomic mass is 15.2. The molecule has 0 saturated carbocycles. The third-order valence-electron chi connectivity index (χ3n) is 5.48. The largest absolute Gasteiger partial charge is 0.356 e. The highest BCUT2D eigenvalue weighted by Crippen LogP contribution is 2.39. The van der Waals surface area contributed by atoms with Gasteiger partial charge in [-0.05, 0) is 18.3 Å². The summed E-state index contributed by atoms with van der Waals surface area (Å²) in [5.74, 6) is 1.18. The molecule has 1 aromatic rings. The first-order valence-corrected chi connectivity index (χ1v) is 8.06. The zero-order valence-electron chi connectivity index (χ0n) is 12.8. The fraction of sp³-hybridized carbons (Fsp3) is 0.750. The molecule has 2 aliphatic heterocycles. The van der Waals surface area contributed by atoms with Crippen LogP contribution in [-0.2, 0) is 13.0 Å². The normalized spacial score (nSPS) is 21.6. The quantitative estimate of drug-likeness (QED) is 0.919. The average molecular weight is 274 g/mol. The van der Waals surface area contributed by atoms with Crippen LogP contribution in [0.4, 0.5) is 5.82 Å². The van der Waals surface area contributed by atoms with Crippen molar-refractivity contribution in [2.24, 2.45) is 5.41 Å². The number of hydrogen-bond acceptors (Lipinski definition) is 4. The second-order valence-electron chi connectivity index (χ2n) is 6.24. The van der Waals surface area contributed by atoms with Gasteiger partial charge in [0.05, 0.1) is 5.69 Å². The zero-order valence-corrected chi connectivity index (χ0v) is 12.8. The summed E-state index contributed by atoms with van der Waals surface area (Å²) in [7, 11) is 0. The first-order valence-electron chi connectivity index (χ1n) is 8.06. The summed E-state index contributed by atoms with van der Waals surface area (Å²) >= 11 is 0. The molecular weight excluding hydrogens is 248 g/mol. The molecule has 0 atom stereocenters. The Morgan fingerprint density at radius 3 is 2.65 bits per heavy atom. The summed E-state index contributed by atoms with van der Waals surface area (Å²) in [6.07, 6.45) is 7.99. The van der Waals surface area contributed by atoms with Gasteiger partial charge in [0.25, 0.3) is 0 Å². The van der Waals surface area contributed by atoms with Crippen LogP contribution in [0.25, 0.3) is 0 Å². The maximum Gasteiger partial charge on any atom is 0.136 e. The lowest BCUT2D eigenvalue weighted by Crippen LogP contribution is -2.41. The lowest BCUT2D eigenvalue weighted by molar-refractivity contribution is 0.199. The SMILES string of the molecule is CCC1(CC)CCN(c2ncnc3c2CNCC3)CC1. The molecule has 1 fully saturated rings. The van der Waals surface area contributed by atoms with E-state index in [1.807, 2.05) is 0 Å². The zero-order chi connectivity index (χ0) is 14.0. The highest BCUT2D eigenvalue weighted by molar-refractivity contribution is 5.49. The third kappa shape index (κ3) is 2.41. The van der Waals surface area contributed by atoms with Gasteiger partial charge in [-0.1, -0.05) is 26.7 Å². The summed E-state index contributed by atoms with van der Waals surface area (Å²) in [5, 5.41) is 3.45. The van der Waals surface area contributed by atoms with E-state index >= 15 is 0 Å². The number of hydrogen-bond donors (Lipinski definition) is 1. The number of nitrogens with one attached hydrogen (secondary N) is 1. The maximum atomic E-state index is 4.59. The van der Waals surface area contributed by atoms with Gasteiger partial charge in [-0.25, -0.2) is 9.97 Å². The third-order valence-corrected chi connectivity index (χ3v) is 5.48. The minimum Gasteiger partial charge on any atom is -0.356 e. The molecule has 0 unspecified atom stereocenters. The van der Waals surface area contributed by atoms with E-state index in [1.165, 1.54) is 42.8 Å². The van der Waals surface area contributed by atoms with Gasteiger partial charge >= 0.3 is 0 Å². The van der Waals surface area contributed by atoms with Crippen LogP contribution >= 0.6 is 0 Å². The number of anilines is 1.